The SMILES string of the molecule is Cc1ccc(NC(=O)C(=O)N/N=C/c2ccc(OCc3ccc(Cl)cc3)cc2)cc1. The van der Waals surface area contributed by atoms with Crippen LogP contribution in [0.5, 0.6) is 5.75 Å². The number of rotatable bonds is 6. The minimum atomic E-state index is -0.852. The lowest BCUT2D eigenvalue weighted by molar-refractivity contribution is -0.136. The molecule has 0 radical (unpaired) electrons. The van der Waals surface area contributed by atoms with E-state index in [1.54, 1.807) is 36.4 Å². The molecule has 0 aliphatic heterocycles. The highest BCUT2D eigenvalue weighted by atomic mass is 35.5. The summed E-state index contributed by atoms with van der Waals surface area (Å²) >= 11 is 5.86. The number of anilines is 1. The Morgan fingerprint density at radius 3 is 2.27 bits per heavy atom. The summed E-state index contributed by atoms with van der Waals surface area (Å²) in [6, 6.07) is 21.7. The molecule has 0 aliphatic rings. The number of amides is 2. The first-order valence-electron chi connectivity index (χ1n) is 9.18. The molecular formula is C23H20ClN3O3. The third kappa shape index (κ3) is 6.46. The number of ether oxygens (including phenoxy) is 1. The Labute approximate surface area is 179 Å². The summed E-state index contributed by atoms with van der Waals surface area (Å²) in [5, 5.41) is 7.00. The number of nitrogens with zero attached hydrogens (tertiary/aromatic N) is 1. The number of benzene rings is 3. The summed E-state index contributed by atoms with van der Waals surface area (Å²) in [6.07, 6.45) is 1.44. The molecule has 0 spiro atoms. The number of carbonyl (C=O) groups is 2. The van der Waals surface area contributed by atoms with Crippen molar-refractivity contribution < 1.29 is 14.3 Å². The summed E-state index contributed by atoms with van der Waals surface area (Å²) in [7, 11) is 0. The van der Waals surface area contributed by atoms with Gasteiger partial charge in [-0.15, -0.1) is 0 Å². The predicted molar refractivity (Wildman–Crippen MR) is 118 cm³/mol. The van der Waals surface area contributed by atoms with Crippen molar-refractivity contribution in [3.05, 3.63) is 94.5 Å². The van der Waals surface area contributed by atoms with E-state index in [9.17, 15) is 9.59 Å². The van der Waals surface area contributed by atoms with Crippen molar-refractivity contribution in [3.8, 4) is 5.75 Å². The molecule has 3 aromatic rings. The van der Waals surface area contributed by atoms with Crippen molar-refractivity contribution >= 4 is 35.3 Å². The summed E-state index contributed by atoms with van der Waals surface area (Å²) in [5.74, 6) is -0.944. The lowest BCUT2D eigenvalue weighted by Gasteiger charge is -2.06. The van der Waals surface area contributed by atoms with Crippen LogP contribution in [0.25, 0.3) is 0 Å². The molecule has 0 unspecified atom stereocenters. The van der Waals surface area contributed by atoms with E-state index in [1.165, 1.54) is 6.21 Å². The molecule has 0 bridgehead atoms. The fraction of sp³-hybridized carbons (Fsp3) is 0.0870. The first-order valence-corrected chi connectivity index (χ1v) is 9.56. The molecule has 0 aliphatic carbocycles. The van der Waals surface area contributed by atoms with Crippen molar-refractivity contribution in [1.82, 2.24) is 5.43 Å². The molecule has 0 heterocycles. The Morgan fingerprint density at radius 1 is 0.933 bits per heavy atom. The fourth-order valence-electron chi connectivity index (χ4n) is 2.44. The van der Waals surface area contributed by atoms with Gasteiger partial charge >= 0.3 is 11.8 Å². The van der Waals surface area contributed by atoms with E-state index in [2.05, 4.69) is 15.8 Å². The maximum atomic E-state index is 11.9. The topological polar surface area (TPSA) is 79.8 Å². The molecule has 3 rings (SSSR count). The molecule has 7 heteroatoms. The number of nitrogens with one attached hydrogen (secondary N) is 2. The molecule has 0 aromatic heterocycles. The molecule has 2 amide bonds. The second-order valence-corrected chi connectivity index (χ2v) is 6.94. The standard InChI is InChI=1S/C23H20ClN3O3/c1-16-2-10-20(11-3-16)26-22(28)23(29)27-25-14-17-6-12-21(13-7-17)30-15-18-4-8-19(24)9-5-18/h2-14H,15H2,1H3,(H,26,28)(H,27,29)/b25-14+. The number of hydrogen-bond acceptors (Lipinski definition) is 4. The zero-order valence-electron chi connectivity index (χ0n) is 16.3. The number of carbonyl (C=O) groups excluding carboxylic acids is 2. The third-order valence-electron chi connectivity index (χ3n) is 4.09. The molecule has 0 saturated carbocycles. The molecule has 30 heavy (non-hydrogen) atoms. The van der Waals surface area contributed by atoms with Crippen LogP contribution in [0.1, 0.15) is 16.7 Å². The van der Waals surface area contributed by atoms with Crippen LogP contribution in [0.4, 0.5) is 5.69 Å². The van der Waals surface area contributed by atoms with Gasteiger partial charge in [-0.05, 0) is 66.6 Å². The van der Waals surface area contributed by atoms with Crippen LogP contribution in [0.15, 0.2) is 77.9 Å². The first kappa shape index (κ1) is 21.1. The summed E-state index contributed by atoms with van der Waals surface area (Å²) in [4.78, 5) is 23.7. The smallest absolute Gasteiger partial charge is 0.329 e. The van der Waals surface area contributed by atoms with Crippen molar-refractivity contribution in [2.24, 2.45) is 5.10 Å². The molecule has 0 fully saturated rings. The van der Waals surface area contributed by atoms with Gasteiger partial charge in [0.2, 0.25) is 0 Å². The van der Waals surface area contributed by atoms with Crippen molar-refractivity contribution in [3.63, 3.8) is 0 Å². The van der Waals surface area contributed by atoms with E-state index in [1.807, 2.05) is 43.3 Å². The number of aryl methyl sites for hydroxylation is 1. The van der Waals surface area contributed by atoms with Crippen LogP contribution in [-0.4, -0.2) is 18.0 Å². The maximum Gasteiger partial charge on any atom is 0.329 e. The zero-order valence-corrected chi connectivity index (χ0v) is 17.0. The van der Waals surface area contributed by atoms with Gasteiger partial charge in [0.1, 0.15) is 12.4 Å². The summed E-state index contributed by atoms with van der Waals surface area (Å²) in [6.45, 7) is 2.36. The van der Waals surface area contributed by atoms with Gasteiger partial charge in [-0.1, -0.05) is 41.4 Å². The molecule has 3 aromatic carbocycles. The molecule has 0 saturated heterocycles. The van der Waals surface area contributed by atoms with E-state index < -0.39 is 11.8 Å². The lowest BCUT2D eigenvalue weighted by atomic mass is 10.2. The molecule has 152 valence electrons. The molecule has 0 atom stereocenters. The van der Waals surface area contributed by atoms with Crippen molar-refractivity contribution in [2.45, 2.75) is 13.5 Å². The van der Waals surface area contributed by atoms with Gasteiger partial charge in [0.15, 0.2) is 0 Å². The third-order valence-corrected chi connectivity index (χ3v) is 4.35. The van der Waals surface area contributed by atoms with E-state index in [-0.39, 0.29) is 0 Å². The monoisotopic (exact) mass is 421 g/mol. The second-order valence-electron chi connectivity index (χ2n) is 6.50. The van der Waals surface area contributed by atoms with Gasteiger partial charge in [-0.3, -0.25) is 9.59 Å². The van der Waals surface area contributed by atoms with E-state index >= 15 is 0 Å². The second kappa shape index (κ2) is 10.2. The molecule has 2 N–H and O–H groups in total. The average Bonchev–Trinajstić information content (AvgIpc) is 2.76. The molecule has 6 nitrogen and oxygen atoms in total. The van der Waals surface area contributed by atoms with Crippen LogP contribution in [-0.2, 0) is 16.2 Å². The highest BCUT2D eigenvalue weighted by Gasteiger charge is 2.12. The Balaban J connectivity index is 1.46. The zero-order chi connectivity index (χ0) is 21.3. The van der Waals surface area contributed by atoms with Gasteiger partial charge in [-0.25, -0.2) is 5.43 Å². The number of hydrogen-bond donors (Lipinski definition) is 2. The van der Waals surface area contributed by atoms with Gasteiger partial charge < -0.3 is 10.1 Å². The Kier molecular flexibility index (Phi) is 7.19. The Bertz CT molecular complexity index is 1030. The normalized spacial score (nSPS) is 10.6. The van der Waals surface area contributed by atoms with Gasteiger partial charge in [0.05, 0.1) is 6.21 Å². The largest absolute Gasteiger partial charge is 0.489 e. The summed E-state index contributed by atoms with van der Waals surface area (Å²) < 4.78 is 5.71. The van der Waals surface area contributed by atoms with Gasteiger partial charge in [0.25, 0.3) is 0 Å². The van der Waals surface area contributed by atoms with Crippen LogP contribution in [0, 0.1) is 6.92 Å². The number of halogens is 1. The highest BCUT2D eigenvalue weighted by Crippen LogP contribution is 2.15. The fourth-order valence-corrected chi connectivity index (χ4v) is 2.56. The number of hydrazone groups is 1. The van der Waals surface area contributed by atoms with Gasteiger partial charge in [-0.2, -0.15) is 5.10 Å². The molecular weight excluding hydrogens is 402 g/mol. The van der Waals surface area contributed by atoms with Gasteiger partial charge in [0, 0.05) is 10.7 Å². The Morgan fingerprint density at radius 2 is 1.60 bits per heavy atom. The van der Waals surface area contributed by atoms with Crippen LogP contribution in [0.3, 0.4) is 0 Å². The van der Waals surface area contributed by atoms with E-state index in [4.69, 9.17) is 16.3 Å². The van der Waals surface area contributed by atoms with Crippen LogP contribution >= 0.6 is 11.6 Å². The average molecular weight is 422 g/mol. The van der Waals surface area contributed by atoms with Crippen molar-refractivity contribution in [1.29, 1.82) is 0 Å². The summed E-state index contributed by atoms with van der Waals surface area (Å²) in [5.41, 5.74) is 5.56. The minimum absolute atomic E-state index is 0.427. The lowest BCUT2D eigenvalue weighted by Crippen LogP contribution is -2.32. The van der Waals surface area contributed by atoms with Crippen LogP contribution < -0.4 is 15.5 Å². The minimum Gasteiger partial charge on any atom is -0.489 e. The highest BCUT2D eigenvalue weighted by molar-refractivity contribution is 6.39. The van der Waals surface area contributed by atoms with Crippen LogP contribution in [0.2, 0.25) is 5.02 Å². The quantitative estimate of drug-likeness (QED) is 0.353. The van der Waals surface area contributed by atoms with Crippen molar-refractivity contribution in [2.75, 3.05) is 5.32 Å². The van der Waals surface area contributed by atoms with E-state index in [0.29, 0.717) is 23.1 Å². The maximum absolute atomic E-state index is 11.9. The Hall–Kier alpha value is -3.64. The van der Waals surface area contributed by atoms with E-state index in [0.717, 1.165) is 16.7 Å². The predicted octanol–water partition coefficient (Wildman–Crippen LogP) is 4.32. The first-order chi connectivity index (χ1) is 14.5.